The summed E-state index contributed by atoms with van der Waals surface area (Å²) in [6.07, 6.45) is -0.415. The molecule has 0 aliphatic carbocycles. The first-order valence-electron chi connectivity index (χ1n) is 12.0. The summed E-state index contributed by atoms with van der Waals surface area (Å²) < 4.78 is 47.8. The zero-order valence-electron chi connectivity index (χ0n) is 21.4. The Morgan fingerprint density at radius 2 is 1.85 bits per heavy atom. The number of likely N-dealkylation sites (N-methyl/N-ethyl adjacent to an activating group) is 1. The highest BCUT2D eigenvalue weighted by Gasteiger charge is 2.34. The van der Waals surface area contributed by atoms with Crippen LogP contribution in [0.3, 0.4) is 0 Å². The Hall–Kier alpha value is -4.52. The van der Waals surface area contributed by atoms with E-state index >= 15 is 0 Å². The van der Waals surface area contributed by atoms with Crippen LogP contribution >= 0.6 is 0 Å². The lowest BCUT2D eigenvalue weighted by Gasteiger charge is -2.12. The van der Waals surface area contributed by atoms with Crippen molar-refractivity contribution < 1.29 is 17.9 Å². The Morgan fingerprint density at radius 1 is 1.08 bits per heavy atom. The Labute approximate surface area is 220 Å². The van der Waals surface area contributed by atoms with Gasteiger partial charge in [-0.15, -0.1) is 0 Å². The second-order valence-corrected chi connectivity index (χ2v) is 9.21. The van der Waals surface area contributed by atoms with Crippen LogP contribution in [0.15, 0.2) is 59.8 Å². The van der Waals surface area contributed by atoms with E-state index in [1.165, 1.54) is 22.4 Å². The van der Waals surface area contributed by atoms with E-state index in [1.807, 2.05) is 19.0 Å². The molecular weight excluding hydrogens is 513 g/mol. The van der Waals surface area contributed by atoms with Crippen molar-refractivity contribution in [3.63, 3.8) is 0 Å². The molecule has 0 bridgehead atoms. The maximum absolute atomic E-state index is 13.0. The summed E-state index contributed by atoms with van der Waals surface area (Å²) in [4.78, 5) is 34.6. The molecule has 10 nitrogen and oxygen atoms in total. The van der Waals surface area contributed by atoms with Crippen LogP contribution in [0.1, 0.15) is 11.3 Å². The summed E-state index contributed by atoms with van der Waals surface area (Å²) in [6.45, 7) is 1.32. The van der Waals surface area contributed by atoms with E-state index in [0.717, 1.165) is 11.8 Å². The number of aromatic amines is 1. The highest BCUT2D eigenvalue weighted by Crippen LogP contribution is 2.31. The van der Waals surface area contributed by atoms with Gasteiger partial charge in [-0.05, 0) is 31.8 Å². The number of H-pyrrole nitrogens is 1. The van der Waals surface area contributed by atoms with Gasteiger partial charge in [0.1, 0.15) is 17.9 Å². The van der Waals surface area contributed by atoms with Crippen LogP contribution in [-0.2, 0) is 19.8 Å². The van der Waals surface area contributed by atoms with Gasteiger partial charge in [0.2, 0.25) is 5.88 Å². The Bertz CT molecular complexity index is 1670. The van der Waals surface area contributed by atoms with Crippen LogP contribution in [0.4, 0.5) is 13.2 Å². The van der Waals surface area contributed by atoms with E-state index < -0.39 is 11.9 Å². The molecular formula is C26H25F3N8O2. The second kappa shape index (κ2) is 10.3. The third-order valence-corrected chi connectivity index (χ3v) is 6.02. The fraction of sp³-hybridized carbons (Fsp3) is 0.269. The predicted molar refractivity (Wildman–Crippen MR) is 138 cm³/mol. The Morgan fingerprint density at radius 3 is 2.54 bits per heavy atom. The van der Waals surface area contributed by atoms with Crippen molar-refractivity contribution in [2.24, 2.45) is 7.05 Å². The maximum atomic E-state index is 13.0. The molecule has 4 aromatic heterocycles. The molecule has 0 saturated heterocycles. The molecule has 0 aliphatic heterocycles. The van der Waals surface area contributed by atoms with Gasteiger partial charge in [-0.25, -0.2) is 24.7 Å². The van der Waals surface area contributed by atoms with Gasteiger partial charge < -0.3 is 19.2 Å². The molecule has 1 N–H and O–H groups in total. The summed E-state index contributed by atoms with van der Waals surface area (Å²) in [7, 11) is 5.40. The molecule has 0 spiro atoms. The Kier molecular flexibility index (Phi) is 6.91. The van der Waals surface area contributed by atoms with Crippen LogP contribution in [0, 0.1) is 0 Å². The van der Waals surface area contributed by atoms with Crippen molar-refractivity contribution in [1.29, 1.82) is 0 Å². The summed E-state index contributed by atoms with van der Waals surface area (Å²) in [5.41, 5.74) is 1.41. The zero-order chi connectivity index (χ0) is 27.7. The molecule has 1 aromatic carbocycles. The minimum Gasteiger partial charge on any atom is -0.476 e. The van der Waals surface area contributed by atoms with E-state index in [-0.39, 0.29) is 18.1 Å². The van der Waals surface area contributed by atoms with E-state index in [2.05, 4.69) is 24.9 Å². The number of aryl methyl sites for hydroxylation is 1. The van der Waals surface area contributed by atoms with E-state index in [1.54, 1.807) is 42.6 Å². The van der Waals surface area contributed by atoms with Gasteiger partial charge in [-0.2, -0.15) is 13.2 Å². The number of hydrogen-bond acceptors (Lipinski definition) is 7. The van der Waals surface area contributed by atoms with Crippen LogP contribution in [-0.4, -0.2) is 66.2 Å². The van der Waals surface area contributed by atoms with Gasteiger partial charge in [0.05, 0.1) is 18.3 Å². The normalized spacial score (nSPS) is 12.0. The van der Waals surface area contributed by atoms with E-state index in [9.17, 15) is 18.0 Å². The topological polar surface area (TPSA) is 107 Å². The van der Waals surface area contributed by atoms with Crippen LogP contribution in [0.2, 0.25) is 0 Å². The van der Waals surface area contributed by atoms with Gasteiger partial charge in [0.25, 0.3) is 0 Å². The maximum Gasteiger partial charge on any atom is 0.434 e. The predicted octanol–water partition coefficient (Wildman–Crippen LogP) is 3.59. The van der Waals surface area contributed by atoms with Crippen molar-refractivity contribution in [3.05, 3.63) is 76.7 Å². The lowest BCUT2D eigenvalue weighted by molar-refractivity contribution is -0.140. The number of fused-ring (bicyclic) bond motifs is 1. The summed E-state index contributed by atoms with van der Waals surface area (Å²) in [5.74, 6) is 0.936. The molecule has 39 heavy (non-hydrogen) atoms. The van der Waals surface area contributed by atoms with Gasteiger partial charge in [-0.1, -0.05) is 24.3 Å². The summed E-state index contributed by atoms with van der Waals surface area (Å²) >= 11 is 0. The van der Waals surface area contributed by atoms with Gasteiger partial charge in [0.15, 0.2) is 17.2 Å². The van der Waals surface area contributed by atoms with Crippen molar-refractivity contribution in [2.75, 3.05) is 27.2 Å². The highest BCUT2D eigenvalue weighted by atomic mass is 19.4. The lowest BCUT2D eigenvalue weighted by Crippen LogP contribution is -2.20. The van der Waals surface area contributed by atoms with Gasteiger partial charge in [0, 0.05) is 31.5 Å². The zero-order valence-corrected chi connectivity index (χ0v) is 21.4. The third-order valence-electron chi connectivity index (χ3n) is 6.02. The lowest BCUT2D eigenvalue weighted by atomic mass is 10.1. The number of imidazole rings is 2. The van der Waals surface area contributed by atoms with Crippen molar-refractivity contribution >= 4 is 11.2 Å². The summed E-state index contributed by atoms with van der Waals surface area (Å²) in [5, 5.41) is 0. The van der Waals surface area contributed by atoms with Crippen LogP contribution < -0.4 is 10.4 Å². The molecule has 0 aliphatic rings. The minimum absolute atomic E-state index is 0.184. The quantitative estimate of drug-likeness (QED) is 0.322. The number of aromatic nitrogens is 7. The number of alkyl halides is 3. The second-order valence-electron chi connectivity index (χ2n) is 9.21. The number of benzene rings is 1. The number of hydrogen-bond donors (Lipinski definition) is 1. The number of rotatable bonds is 8. The van der Waals surface area contributed by atoms with Crippen LogP contribution in [0.5, 0.6) is 5.88 Å². The monoisotopic (exact) mass is 538 g/mol. The molecule has 5 aromatic rings. The van der Waals surface area contributed by atoms with E-state index in [4.69, 9.17) is 4.74 Å². The smallest absolute Gasteiger partial charge is 0.434 e. The molecule has 202 valence electrons. The minimum atomic E-state index is -4.53. The van der Waals surface area contributed by atoms with Crippen molar-refractivity contribution in [3.8, 4) is 28.7 Å². The largest absolute Gasteiger partial charge is 0.476 e. The molecule has 4 heterocycles. The number of nitrogens with zero attached hydrogens (tertiary/aromatic N) is 7. The SMILES string of the molecule is CN(C)CCOc1ncccc1-c1ncc2[nH]c(=O)n(Cc3ccc(-c4nc(C(F)(F)F)cn4C)cc3)c2n1. The molecule has 0 fully saturated rings. The number of pyridine rings is 1. The average Bonchev–Trinajstić information content (AvgIpc) is 3.44. The molecule has 0 saturated carbocycles. The van der Waals surface area contributed by atoms with Crippen molar-refractivity contribution in [2.45, 2.75) is 12.7 Å². The van der Waals surface area contributed by atoms with Crippen molar-refractivity contribution in [1.82, 2.24) is 39.0 Å². The molecule has 5 rings (SSSR count). The standard InChI is InChI=1S/C26H25F3N8O2/c1-35(2)11-12-39-24-18(5-4-10-30-24)21-31-13-19-23(34-21)37(25(38)32-19)14-16-6-8-17(9-7-16)22-33-20(15-36(22)3)26(27,28)29/h4-10,13,15H,11-12,14H2,1-3H3,(H,32,38). The number of ether oxygens (including phenoxy) is 1. The molecule has 0 unspecified atom stereocenters. The first-order valence-corrected chi connectivity index (χ1v) is 12.0. The first-order chi connectivity index (χ1) is 18.6. The third kappa shape index (κ3) is 5.53. The number of nitrogens with one attached hydrogen (secondary N) is 1. The van der Waals surface area contributed by atoms with Crippen LogP contribution in [0.25, 0.3) is 33.9 Å². The van der Waals surface area contributed by atoms with Gasteiger partial charge in [-0.3, -0.25) is 4.57 Å². The van der Waals surface area contributed by atoms with Gasteiger partial charge >= 0.3 is 11.9 Å². The Balaban J connectivity index is 1.43. The fourth-order valence-corrected chi connectivity index (χ4v) is 4.04. The highest BCUT2D eigenvalue weighted by molar-refractivity contribution is 5.74. The molecule has 0 atom stereocenters. The summed E-state index contributed by atoms with van der Waals surface area (Å²) in [6, 6.07) is 10.4. The molecule has 13 heteroatoms. The molecule has 0 radical (unpaired) electrons. The molecule has 0 amide bonds. The number of halogens is 3. The fourth-order valence-electron chi connectivity index (χ4n) is 4.04. The first kappa shape index (κ1) is 26.1. The average molecular weight is 539 g/mol. The van der Waals surface area contributed by atoms with E-state index in [0.29, 0.717) is 47.1 Å².